The van der Waals surface area contributed by atoms with Crippen LogP contribution in [0.5, 0.6) is 0 Å². The minimum Gasteiger partial charge on any atom is -0.291 e. The number of ketones is 1. The molecule has 3 aromatic heterocycles. The van der Waals surface area contributed by atoms with Crippen LogP contribution in [-0.4, -0.2) is 56.1 Å². The number of benzene rings is 1. The fraction of sp³-hybridized carbons (Fsp3) is 0.286. The normalized spacial score (nSPS) is 19.3. The first-order valence-electron chi connectivity index (χ1n) is 12.6. The lowest BCUT2D eigenvalue weighted by molar-refractivity contribution is 0.0769. The number of carbonyl (C=O) groups is 1. The Morgan fingerprint density at radius 2 is 1.87 bits per heavy atom. The molecule has 1 atom stereocenters. The molecular formula is C28H27FN6O3S. The zero-order valence-corrected chi connectivity index (χ0v) is 22.6. The highest BCUT2D eigenvalue weighted by atomic mass is 32.2. The first-order chi connectivity index (χ1) is 18.6. The van der Waals surface area contributed by atoms with Crippen LogP contribution in [0, 0.1) is 25.1 Å². The lowest BCUT2D eigenvalue weighted by Gasteiger charge is -2.44. The Morgan fingerprint density at radius 3 is 2.56 bits per heavy atom. The van der Waals surface area contributed by atoms with Crippen LogP contribution in [-0.2, 0) is 23.5 Å². The highest BCUT2D eigenvalue weighted by Gasteiger charge is 2.51. The molecule has 39 heavy (non-hydrogen) atoms. The van der Waals surface area contributed by atoms with E-state index in [1.807, 2.05) is 19.1 Å². The maximum Gasteiger partial charge on any atom is 0.260 e. The predicted molar refractivity (Wildman–Crippen MR) is 142 cm³/mol. The van der Waals surface area contributed by atoms with Gasteiger partial charge in [-0.05, 0) is 86.4 Å². The molecule has 0 N–H and O–H groups in total. The molecule has 0 amide bonds. The van der Waals surface area contributed by atoms with E-state index < -0.39 is 15.4 Å². The van der Waals surface area contributed by atoms with Crippen molar-refractivity contribution >= 4 is 21.9 Å². The molecule has 1 aromatic carbocycles. The smallest absolute Gasteiger partial charge is 0.260 e. The summed E-state index contributed by atoms with van der Waals surface area (Å²) < 4.78 is 45.6. The fourth-order valence-corrected chi connectivity index (χ4v) is 7.36. The molecular weight excluding hydrogens is 519 g/mol. The minimum absolute atomic E-state index is 0.0268. The first kappa shape index (κ1) is 25.3. The number of nitrogens with zero attached hydrogens (tertiary/aromatic N) is 6. The number of Topliss-reactive ketones (excluding diaryl/α,β-unsaturated/α-hetero) is 1. The van der Waals surface area contributed by atoms with Crippen molar-refractivity contribution in [2.75, 3.05) is 13.1 Å². The Labute approximate surface area is 225 Å². The Hall–Kier alpha value is -3.96. The summed E-state index contributed by atoms with van der Waals surface area (Å²) in [6.45, 7) is 3.82. The second-order valence-electron chi connectivity index (χ2n) is 10.3. The number of hydrogen-bond donors (Lipinski definition) is 0. The molecule has 0 bridgehead atoms. The largest absolute Gasteiger partial charge is 0.291 e. The summed E-state index contributed by atoms with van der Waals surface area (Å²) in [5, 5.41) is 8.85. The van der Waals surface area contributed by atoms with Crippen LogP contribution in [0.1, 0.15) is 39.4 Å². The number of piperidine rings is 1. The Morgan fingerprint density at radius 1 is 1.10 bits per heavy atom. The molecule has 1 fully saturated rings. The van der Waals surface area contributed by atoms with E-state index >= 15 is 0 Å². The highest BCUT2D eigenvalue weighted by molar-refractivity contribution is 7.89. The summed E-state index contributed by atoms with van der Waals surface area (Å²) in [7, 11) is -2.33. The van der Waals surface area contributed by atoms with Gasteiger partial charge in [-0.3, -0.25) is 14.5 Å². The second-order valence-corrected chi connectivity index (χ2v) is 12.1. The van der Waals surface area contributed by atoms with Gasteiger partial charge in [-0.15, -0.1) is 0 Å². The summed E-state index contributed by atoms with van der Waals surface area (Å²) >= 11 is 0. The average Bonchev–Trinajstić information content (AvgIpc) is 3.48. The molecule has 0 radical (unpaired) electrons. The third-order valence-electron chi connectivity index (χ3n) is 7.60. The van der Waals surface area contributed by atoms with Crippen molar-refractivity contribution in [2.45, 2.75) is 31.7 Å². The van der Waals surface area contributed by atoms with Gasteiger partial charge in [0, 0.05) is 26.3 Å². The van der Waals surface area contributed by atoms with Crippen LogP contribution >= 0.6 is 0 Å². The van der Waals surface area contributed by atoms with Gasteiger partial charge in [0.25, 0.3) is 10.0 Å². The zero-order valence-electron chi connectivity index (χ0n) is 21.8. The van der Waals surface area contributed by atoms with E-state index in [1.165, 1.54) is 21.1 Å². The monoisotopic (exact) mass is 546 g/mol. The van der Waals surface area contributed by atoms with E-state index in [1.54, 1.807) is 55.3 Å². The van der Waals surface area contributed by atoms with E-state index in [0.29, 0.717) is 23.5 Å². The maximum absolute atomic E-state index is 14.3. The second kappa shape index (κ2) is 9.06. The van der Waals surface area contributed by atoms with E-state index in [9.17, 15) is 17.6 Å². The van der Waals surface area contributed by atoms with Crippen molar-refractivity contribution in [1.82, 2.24) is 28.9 Å². The third kappa shape index (κ3) is 4.12. The van der Waals surface area contributed by atoms with Crippen molar-refractivity contribution in [3.05, 3.63) is 94.5 Å². The summed E-state index contributed by atoms with van der Waals surface area (Å²) in [5.41, 5.74) is 3.77. The third-order valence-corrected chi connectivity index (χ3v) is 9.50. The van der Waals surface area contributed by atoms with E-state index in [4.69, 9.17) is 0 Å². The molecule has 2 aliphatic rings. The van der Waals surface area contributed by atoms with Gasteiger partial charge in [-0.25, -0.2) is 17.5 Å². The highest BCUT2D eigenvalue weighted by Crippen LogP contribution is 2.47. The Kier molecular flexibility index (Phi) is 5.88. The number of carbonyl (C=O) groups excluding carboxylic acids is 1. The Bertz CT molecular complexity index is 1760. The van der Waals surface area contributed by atoms with Gasteiger partial charge in [-0.2, -0.15) is 14.5 Å². The maximum atomic E-state index is 14.3. The molecule has 4 heterocycles. The number of sulfonamides is 1. The van der Waals surface area contributed by atoms with Gasteiger partial charge in [0.1, 0.15) is 11.5 Å². The molecule has 4 aromatic rings. The number of halogens is 1. The SMILES string of the molecule is Cc1ccnc(C(=O)C23Cc4cnn(-c5ccc(F)cc5)c4C=C2CCN(S(=O)(=O)c2cc(C)nn2C)C3)c1. The molecule has 200 valence electrons. The molecule has 11 heteroatoms. The summed E-state index contributed by atoms with van der Waals surface area (Å²) in [6, 6.07) is 11.2. The summed E-state index contributed by atoms with van der Waals surface area (Å²) in [4.78, 5) is 18.7. The van der Waals surface area contributed by atoms with Gasteiger partial charge >= 0.3 is 0 Å². The molecule has 9 nitrogen and oxygen atoms in total. The standard InChI is InChI=1S/C28H27FN6O3S/c1-18-8-10-30-24(12-18)27(36)28-15-20-16-31-35(23-6-4-22(29)5-7-23)25(20)14-21(28)9-11-34(17-28)39(37,38)26-13-19(2)32-33(26)3/h4-8,10,12-14,16H,9,11,15,17H2,1-3H3. The number of rotatable bonds is 5. The predicted octanol–water partition coefficient (Wildman–Crippen LogP) is 3.66. The first-order valence-corrected chi connectivity index (χ1v) is 14.0. The van der Waals surface area contributed by atoms with Crippen molar-refractivity contribution < 1.29 is 17.6 Å². The number of aromatic nitrogens is 5. The lowest BCUT2D eigenvalue weighted by Crippen LogP contribution is -2.53. The van der Waals surface area contributed by atoms with Gasteiger partial charge in [0.2, 0.25) is 0 Å². The average molecular weight is 547 g/mol. The number of fused-ring (bicyclic) bond motifs is 2. The minimum atomic E-state index is -3.93. The fourth-order valence-electron chi connectivity index (χ4n) is 5.67. The zero-order chi connectivity index (χ0) is 27.5. The number of hydrogen-bond acceptors (Lipinski definition) is 6. The number of pyridine rings is 1. The Balaban J connectivity index is 1.47. The lowest BCUT2D eigenvalue weighted by atomic mass is 9.65. The molecule has 1 unspecified atom stereocenters. The van der Waals surface area contributed by atoms with Gasteiger partial charge < -0.3 is 0 Å². The van der Waals surface area contributed by atoms with Crippen LogP contribution in [0.3, 0.4) is 0 Å². The molecule has 0 saturated carbocycles. The summed E-state index contributed by atoms with van der Waals surface area (Å²) in [6.07, 6.45) is 5.87. The van der Waals surface area contributed by atoms with Crippen molar-refractivity contribution in [3.63, 3.8) is 0 Å². The molecule has 0 spiro atoms. The molecule has 1 aliphatic carbocycles. The van der Waals surface area contributed by atoms with Gasteiger partial charge in [-0.1, -0.05) is 5.57 Å². The van der Waals surface area contributed by atoms with Crippen LogP contribution in [0.15, 0.2) is 65.5 Å². The van der Waals surface area contributed by atoms with E-state index in [2.05, 4.69) is 15.2 Å². The molecule has 1 aliphatic heterocycles. The van der Waals surface area contributed by atoms with Crippen LogP contribution in [0.25, 0.3) is 11.8 Å². The number of aryl methyl sites for hydroxylation is 3. The van der Waals surface area contributed by atoms with Crippen LogP contribution in [0.2, 0.25) is 0 Å². The molecule has 6 rings (SSSR count). The van der Waals surface area contributed by atoms with Gasteiger partial charge in [0.15, 0.2) is 10.8 Å². The van der Waals surface area contributed by atoms with Crippen molar-refractivity contribution in [1.29, 1.82) is 0 Å². The quantitative estimate of drug-likeness (QED) is 0.354. The summed E-state index contributed by atoms with van der Waals surface area (Å²) in [5.74, 6) is -0.565. The van der Waals surface area contributed by atoms with E-state index in [-0.39, 0.29) is 36.1 Å². The van der Waals surface area contributed by atoms with E-state index in [0.717, 1.165) is 22.4 Å². The van der Waals surface area contributed by atoms with Crippen LogP contribution < -0.4 is 0 Å². The van der Waals surface area contributed by atoms with Crippen molar-refractivity contribution in [3.8, 4) is 5.69 Å². The molecule has 1 saturated heterocycles. The van der Waals surface area contributed by atoms with Crippen LogP contribution in [0.4, 0.5) is 4.39 Å². The van der Waals surface area contributed by atoms with Crippen molar-refractivity contribution in [2.24, 2.45) is 12.5 Å². The topological polar surface area (TPSA) is 103 Å². The van der Waals surface area contributed by atoms with Gasteiger partial charge in [0.05, 0.1) is 28.7 Å².